The number of hydrogen-bond donors (Lipinski definition) is 1. The Kier molecular flexibility index (Phi) is 5.03. The van der Waals surface area contributed by atoms with Crippen molar-refractivity contribution < 1.29 is 9.13 Å². The highest BCUT2D eigenvalue weighted by Gasteiger charge is 2.22. The van der Waals surface area contributed by atoms with Gasteiger partial charge in [-0.15, -0.1) is 5.10 Å². The van der Waals surface area contributed by atoms with Crippen molar-refractivity contribution in [1.29, 1.82) is 0 Å². The lowest BCUT2D eigenvalue weighted by Crippen LogP contribution is -2.19. The van der Waals surface area contributed by atoms with Crippen LogP contribution in [0.2, 0.25) is 0 Å². The molecule has 20 heavy (non-hydrogen) atoms. The fourth-order valence-electron chi connectivity index (χ4n) is 2.14. The topological polar surface area (TPSA) is 47.0 Å². The van der Waals surface area contributed by atoms with Crippen LogP contribution in [0.4, 0.5) is 4.39 Å². The number of ether oxygens (including phenoxy) is 1. The molecule has 0 radical (unpaired) electrons. The van der Waals surface area contributed by atoms with Gasteiger partial charge in [-0.3, -0.25) is 0 Å². The molecule has 2 aromatic rings. The first kappa shape index (κ1) is 14.9. The molecule has 1 aromatic carbocycles. The molecule has 1 aromatic heterocycles. The summed E-state index contributed by atoms with van der Waals surface area (Å²) in [6, 6.07) is 4.66. The monoisotopic (exact) mass is 295 g/mol. The van der Waals surface area contributed by atoms with E-state index in [1.807, 2.05) is 7.05 Å². The summed E-state index contributed by atoms with van der Waals surface area (Å²) in [4.78, 5) is 0.971. The molecule has 108 valence electrons. The highest BCUT2D eigenvalue weighted by molar-refractivity contribution is 7.05. The standard InChI is InChI=1S/C14H18FN3OS/c1-4-5-12-14(20-18-17-12)13(16-2)10-7-6-9(19-3)8-11(10)15/h6-8,13,16H,4-5H2,1-3H3. The molecule has 0 bridgehead atoms. The van der Waals surface area contributed by atoms with Crippen LogP contribution >= 0.6 is 11.5 Å². The molecule has 0 saturated carbocycles. The Bertz CT molecular complexity index is 573. The minimum atomic E-state index is -0.292. The number of methoxy groups -OCH3 is 1. The summed E-state index contributed by atoms with van der Waals surface area (Å²) in [5.74, 6) is 0.219. The SMILES string of the molecule is CCCc1nnsc1C(NC)c1ccc(OC)cc1F. The Morgan fingerprint density at radius 1 is 1.45 bits per heavy atom. The number of aryl methyl sites for hydroxylation is 1. The Hall–Kier alpha value is -1.53. The molecular weight excluding hydrogens is 277 g/mol. The molecule has 0 fully saturated rings. The molecule has 6 heteroatoms. The Morgan fingerprint density at radius 3 is 2.85 bits per heavy atom. The number of nitrogens with zero attached hydrogens (tertiary/aromatic N) is 2. The fourth-order valence-corrected chi connectivity index (χ4v) is 2.97. The second kappa shape index (κ2) is 6.76. The van der Waals surface area contributed by atoms with Crippen LogP contribution in [0.25, 0.3) is 0 Å². The van der Waals surface area contributed by atoms with Gasteiger partial charge in [-0.2, -0.15) is 0 Å². The van der Waals surface area contributed by atoms with Crippen molar-refractivity contribution in [2.45, 2.75) is 25.8 Å². The molecule has 4 nitrogen and oxygen atoms in total. The number of benzene rings is 1. The van der Waals surface area contributed by atoms with Gasteiger partial charge in [-0.05, 0) is 31.1 Å². The van der Waals surface area contributed by atoms with Crippen molar-refractivity contribution in [2.24, 2.45) is 0 Å². The molecule has 0 aliphatic rings. The average molecular weight is 295 g/mol. The summed E-state index contributed by atoms with van der Waals surface area (Å²) in [7, 11) is 3.33. The van der Waals surface area contributed by atoms with Crippen molar-refractivity contribution in [2.75, 3.05) is 14.2 Å². The Balaban J connectivity index is 2.39. The van der Waals surface area contributed by atoms with Crippen LogP contribution < -0.4 is 10.1 Å². The van der Waals surface area contributed by atoms with Crippen molar-refractivity contribution in [3.05, 3.63) is 40.2 Å². The predicted octanol–water partition coefficient (Wildman–Crippen LogP) is 2.95. The highest BCUT2D eigenvalue weighted by Crippen LogP contribution is 2.30. The molecule has 0 aliphatic heterocycles. The molecular formula is C14H18FN3OS. The van der Waals surface area contributed by atoms with Gasteiger partial charge in [0.1, 0.15) is 11.6 Å². The zero-order valence-corrected chi connectivity index (χ0v) is 12.6. The number of rotatable bonds is 6. The molecule has 0 amide bonds. The van der Waals surface area contributed by atoms with E-state index in [0.29, 0.717) is 11.3 Å². The van der Waals surface area contributed by atoms with Crippen LogP contribution in [0, 0.1) is 5.82 Å². The second-order valence-corrected chi connectivity index (χ2v) is 5.23. The summed E-state index contributed by atoms with van der Waals surface area (Å²) in [6.45, 7) is 2.09. The lowest BCUT2D eigenvalue weighted by atomic mass is 10.0. The smallest absolute Gasteiger partial charge is 0.132 e. The van der Waals surface area contributed by atoms with Crippen LogP contribution in [0.5, 0.6) is 5.75 Å². The molecule has 0 aliphatic carbocycles. The van der Waals surface area contributed by atoms with Gasteiger partial charge in [0.15, 0.2) is 0 Å². The summed E-state index contributed by atoms with van der Waals surface area (Å²) >= 11 is 1.31. The molecule has 1 unspecified atom stereocenters. The van der Waals surface area contributed by atoms with E-state index in [0.717, 1.165) is 23.4 Å². The van der Waals surface area contributed by atoms with Crippen molar-refractivity contribution >= 4 is 11.5 Å². The number of aromatic nitrogens is 2. The quantitative estimate of drug-likeness (QED) is 0.890. The minimum absolute atomic E-state index is 0.234. The van der Waals surface area contributed by atoms with E-state index in [9.17, 15) is 4.39 Å². The van der Waals surface area contributed by atoms with E-state index in [1.165, 1.54) is 24.7 Å². The van der Waals surface area contributed by atoms with Gasteiger partial charge < -0.3 is 10.1 Å². The first-order chi connectivity index (χ1) is 9.71. The second-order valence-electron chi connectivity index (χ2n) is 4.44. The third-order valence-electron chi connectivity index (χ3n) is 3.14. The van der Waals surface area contributed by atoms with E-state index in [1.54, 1.807) is 12.1 Å². The number of halogens is 1. The van der Waals surface area contributed by atoms with Crippen LogP contribution in [0.3, 0.4) is 0 Å². The maximum Gasteiger partial charge on any atom is 0.132 e. The third-order valence-corrected chi connectivity index (χ3v) is 3.97. The first-order valence-electron chi connectivity index (χ1n) is 6.53. The largest absolute Gasteiger partial charge is 0.497 e. The Morgan fingerprint density at radius 2 is 2.25 bits per heavy atom. The van der Waals surface area contributed by atoms with E-state index < -0.39 is 0 Å². The molecule has 0 spiro atoms. The first-order valence-corrected chi connectivity index (χ1v) is 7.30. The zero-order valence-electron chi connectivity index (χ0n) is 11.8. The van der Waals surface area contributed by atoms with Crippen LogP contribution in [0.1, 0.15) is 35.5 Å². The van der Waals surface area contributed by atoms with Gasteiger partial charge in [0.25, 0.3) is 0 Å². The molecule has 1 atom stereocenters. The molecule has 1 N–H and O–H groups in total. The normalized spacial score (nSPS) is 12.4. The molecule has 1 heterocycles. The molecule has 0 saturated heterocycles. The van der Waals surface area contributed by atoms with E-state index >= 15 is 0 Å². The van der Waals surface area contributed by atoms with Crippen molar-refractivity contribution in [3.63, 3.8) is 0 Å². The van der Waals surface area contributed by atoms with E-state index in [4.69, 9.17) is 4.74 Å². The average Bonchev–Trinajstić information content (AvgIpc) is 2.90. The van der Waals surface area contributed by atoms with Crippen molar-refractivity contribution in [1.82, 2.24) is 14.9 Å². The summed E-state index contributed by atoms with van der Waals surface area (Å²) in [5, 5.41) is 7.29. The summed E-state index contributed by atoms with van der Waals surface area (Å²) < 4.78 is 23.3. The number of hydrogen-bond acceptors (Lipinski definition) is 5. The number of nitrogens with one attached hydrogen (secondary N) is 1. The van der Waals surface area contributed by atoms with Gasteiger partial charge in [-0.25, -0.2) is 4.39 Å². The predicted molar refractivity (Wildman–Crippen MR) is 77.8 cm³/mol. The van der Waals surface area contributed by atoms with Crippen LogP contribution in [-0.4, -0.2) is 23.7 Å². The Labute approximate surface area is 122 Å². The van der Waals surface area contributed by atoms with Gasteiger partial charge in [0, 0.05) is 11.6 Å². The van der Waals surface area contributed by atoms with Gasteiger partial charge >= 0.3 is 0 Å². The zero-order chi connectivity index (χ0) is 14.5. The lowest BCUT2D eigenvalue weighted by Gasteiger charge is -2.17. The van der Waals surface area contributed by atoms with E-state index in [2.05, 4.69) is 21.8 Å². The minimum Gasteiger partial charge on any atom is -0.497 e. The lowest BCUT2D eigenvalue weighted by molar-refractivity contribution is 0.410. The molecule has 2 rings (SSSR count). The van der Waals surface area contributed by atoms with Gasteiger partial charge in [0.05, 0.1) is 23.7 Å². The van der Waals surface area contributed by atoms with Crippen LogP contribution in [0.15, 0.2) is 18.2 Å². The maximum absolute atomic E-state index is 14.2. The highest BCUT2D eigenvalue weighted by atomic mass is 32.1. The van der Waals surface area contributed by atoms with Gasteiger partial charge in [0.2, 0.25) is 0 Å². The fraction of sp³-hybridized carbons (Fsp3) is 0.429. The third kappa shape index (κ3) is 2.96. The van der Waals surface area contributed by atoms with Gasteiger partial charge in [-0.1, -0.05) is 23.9 Å². The van der Waals surface area contributed by atoms with E-state index in [-0.39, 0.29) is 11.9 Å². The maximum atomic E-state index is 14.2. The van der Waals surface area contributed by atoms with Crippen molar-refractivity contribution in [3.8, 4) is 5.75 Å². The summed E-state index contributed by atoms with van der Waals surface area (Å²) in [6.07, 6.45) is 1.84. The summed E-state index contributed by atoms with van der Waals surface area (Å²) in [5.41, 5.74) is 1.52. The van der Waals surface area contributed by atoms with Crippen LogP contribution in [-0.2, 0) is 6.42 Å².